The molecule has 8 heteroatoms. The third kappa shape index (κ3) is 4.90. The van der Waals surface area contributed by atoms with Gasteiger partial charge in [0.05, 0.1) is 24.8 Å². The van der Waals surface area contributed by atoms with Crippen LogP contribution in [0.4, 0.5) is 11.4 Å². The van der Waals surface area contributed by atoms with Crippen molar-refractivity contribution in [3.8, 4) is 11.5 Å². The lowest BCUT2D eigenvalue weighted by molar-refractivity contribution is 0.102. The first-order valence-electron chi connectivity index (χ1n) is 9.05. The van der Waals surface area contributed by atoms with Crippen LogP contribution >= 0.6 is 0 Å². The molecule has 0 aliphatic heterocycles. The van der Waals surface area contributed by atoms with Crippen LogP contribution in [-0.4, -0.2) is 28.5 Å². The summed E-state index contributed by atoms with van der Waals surface area (Å²) in [6.45, 7) is 1.90. The summed E-state index contributed by atoms with van der Waals surface area (Å²) >= 11 is 0. The Kier molecular flexibility index (Phi) is 6.27. The Bertz CT molecular complexity index is 1160. The summed E-state index contributed by atoms with van der Waals surface area (Å²) in [6, 6.07) is 17.9. The van der Waals surface area contributed by atoms with Gasteiger partial charge in [-0.05, 0) is 55.5 Å². The highest BCUT2D eigenvalue weighted by atomic mass is 32.2. The highest BCUT2D eigenvalue weighted by Gasteiger charge is 2.17. The number of sulfonamides is 1. The quantitative estimate of drug-likeness (QED) is 0.594. The van der Waals surface area contributed by atoms with E-state index in [0.717, 1.165) is 5.56 Å². The smallest absolute Gasteiger partial charge is 0.262 e. The summed E-state index contributed by atoms with van der Waals surface area (Å²) in [4.78, 5) is 12.4. The molecule has 2 N–H and O–H groups in total. The number of hydrogen-bond donors (Lipinski definition) is 2. The third-order valence-corrected chi connectivity index (χ3v) is 5.74. The molecule has 0 saturated carbocycles. The van der Waals surface area contributed by atoms with E-state index in [4.69, 9.17) is 9.47 Å². The van der Waals surface area contributed by atoms with Crippen LogP contribution in [0.5, 0.6) is 11.5 Å². The first-order valence-corrected chi connectivity index (χ1v) is 10.5. The largest absolute Gasteiger partial charge is 0.497 e. The Morgan fingerprint density at radius 3 is 2.27 bits per heavy atom. The first-order chi connectivity index (χ1) is 14.3. The number of methoxy groups -OCH3 is 2. The van der Waals surface area contributed by atoms with E-state index in [1.165, 1.54) is 44.6 Å². The summed E-state index contributed by atoms with van der Waals surface area (Å²) in [7, 11) is -0.933. The Morgan fingerprint density at radius 1 is 0.900 bits per heavy atom. The van der Waals surface area contributed by atoms with Crippen molar-refractivity contribution in [2.75, 3.05) is 24.3 Å². The molecule has 7 nitrogen and oxygen atoms in total. The average Bonchev–Trinajstić information content (AvgIpc) is 2.73. The van der Waals surface area contributed by atoms with Gasteiger partial charge >= 0.3 is 0 Å². The van der Waals surface area contributed by atoms with Crippen LogP contribution in [0.25, 0.3) is 0 Å². The molecular weight excluding hydrogens is 404 g/mol. The molecule has 0 radical (unpaired) electrons. The maximum atomic E-state index is 12.8. The van der Waals surface area contributed by atoms with Crippen molar-refractivity contribution in [2.45, 2.75) is 11.8 Å². The van der Waals surface area contributed by atoms with Crippen LogP contribution in [0.1, 0.15) is 15.9 Å². The van der Waals surface area contributed by atoms with E-state index in [1.54, 1.807) is 30.3 Å². The molecule has 0 aromatic heterocycles. The number of amides is 1. The van der Waals surface area contributed by atoms with E-state index < -0.39 is 10.0 Å². The van der Waals surface area contributed by atoms with Gasteiger partial charge in [0.15, 0.2) is 0 Å². The van der Waals surface area contributed by atoms with Gasteiger partial charge in [0, 0.05) is 17.3 Å². The molecule has 0 aliphatic rings. The van der Waals surface area contributed by atoms with Crippen molar-refractivity contribution < 1.29 is 22.7 Å². The monoisotopic (exact) mass is 426 g/mol. The minimum atomic E-state index is -3.87. The predicted octanol–water partition coefficient (Wildman–Crippen LogP) is 4.07. The van der Waals surface area contributed by atoms with Crippen LogP contribution in [0, 0.1) is 6.92 Å². The van der Waals surface area contributed by atoms with Gasteiger partial charge in [-0.25, -0.2) is 8.42 Å². The van der Waals surface area contributed by atoms with Crippen LogP contribution in [0.3, 0.4) is 0 Å². The summed E-state index contributed by atoms with van der Waals surface area (Å²) < 4.78 is 38.4. The Hall–Kier alpha value is -3.52. The van der Waals surface area contributed by atoms with Crippen molar-refractivity contribution in [3.05, 3.63) is 77.9 Å². The lowest BCUT2D eigenvalue weighted by Gasteiger charge is -2.13. The molecule has 0 bridgehead atoms. The van der Waals surface area contributed by atoms with Gasteiger partial charge in [0.25, 0.3) is 15.9 Å². The van der Waals surface area contributed by atoms with Crippen LogP contribution in [0.15, 0.2) is 71.6 Å². The molecule has 0 fully saturated rings. The van der Waals surface area contributed by atoms with E-state index in [2.05, 4.69) is 10.0 Å². The molecule has 0 atom stereocenters. The second-order valence-corrected chi connectivity index (χ2v) is 8.20. The van der Waals surface area contributed by atoms with E-state index in [1.807, 2.05) is 13.0 Å². The highest BCUT2D eigenvalue weighted by molar-refractivity contribution is 7.92. The van der Waals surface area contributed by atoms with Gasteiger partial charge in [-0.15, -0.1) is 0 Å². The maximum absolute atomic E-state index is 12.8. The summed E-state index contributed by atoms with van der Waals surface area (Å²) in [5, 5.41) is 2.76. The van der Waals surface area contributed by atoms with Crippen LogP contribution in [0.2, 0.25) is 0 Å². The maximum Gasteiger partial charge on any atom is 0.262 e. The molecule has 0 saturated heterocycles. The zero-order valence-corrected chi connectivity index (χ0v) is 17.6. The molecule has 0 unspecified atom stereocenters. The lowest BCUT2D eigenvalue weighted by Crippen LogP contribution is -2.15. The van der Waals surface area contributed by atoms with E-state index in [0.29, 0.717) is 22.7 Å². The van der Waals surface area contributed by atoms with Gasteiger partial charge in [0.2, 0.25) is 0 Å². The molecular formula is C22H22N2O5S. The SMILES string of the molecule is COc1ccc(OC)c(NS(=O)(=O)c2ccc(NC(=O)c3cccc(C)c3)cc2)c1. The second kappa shape index (κ2) is 8.87. The number of rotatable bonds is 7. The lowest BCUT2D eigenvalue weighted by atomic mass is 10.1. The number of anilines is 2. The molecule has 0 spiro atoms. The Labute approximate surface area is 175 Å². The first kappa shape index (κ1) is 21.2. The molecule has 3 rings (SSSR count). The fourth-order valence-corrected chi connectivity index (χ4v) is 3.87. The van der Waals surface area contributed by atoms with Crippen molar-refractivity contribution in [1.29, 1.82) is 0 Å². The zero-order chi connectivity index (χ0) is 21.7. The number of hydrogen-bond acceptors (Lipinski definition) is 5. The molecule has 1 amide bonds. The molecule has 30 heavy (non-hydrogen) atoms. The van der Waals surface area contributed by atoms with Gasteiger partial charge in [-0.3, -0.25) is 9.52 Å². The molecule has 3 aromatic rings. The zero-order valence-electron chi connectivity index (χ0n) is 16.8. The van der Waals surface area contributed by atoms with Crippen molar-refractivity contribution in [1.82, 2.24) is 0 Å². The Morgan fingerprint density at radius 2 is 1.63 bits per heavy atom. The van der Waals surface area contributed by atoms with Gasteiger partial charge in [-0.1, -0.05) is 17.7 Å². The molecule has 3 aromatic carbocycles. The van der Waals surface area contributed by atoms with Crippen molar-refractivity contribution >= 4 is 27.3 Å². The number of carbonyl (C=O) groups is 1. The molecule has 0 heterocycles. The van der Waals surface area contributed by atoms with E-state index >= 15 is 0 Å². The third-order valence-electron chi connectivity index (χ3n) is 4.35. The number of carbonyl (C=O) groups excluding carboxylic acids is 1. The average molecular weight is 426 g/mol. The highest BCUT2D eigenvalue weighted by Crippen LogP contribution is 2.31. The molecule has 156 valence electrons. The molecule has 0 aliphatic carbocycles. The summed E-state index contributed by atoms with van der Waals surface area (Å²) in [6.07, 6.45) is 0. The second-order valence-electron chi connectivity index (χ2n) is 6.52. The van der Waals surface area contributed by atoms with Gasteiger partial charge in [0.1, 0.15) is 11.5 Å². The van der Waals surface area contributed by atoms with Crippen molar-refractivity contribution in [2.24, 2.45) is 0 Å². The van der Waals surface area contributed by atoms with Crippen LogP contribution in [-0.2, 0) is 10.0 Å². The van der Waals surface area contributed by atoms with Crippen molar-refractivity contribution in [3.63, 3.8) is 0 Å². The minimum absolute atomic E-state index is 0.0425. The minimum Gasteiger partial charge on any atom is -0.497 e. The topological polar surface area (TPSA) is 93.7 Å². The number of aryl methyl sites for hydroxylation is 1. The fraction of sp³-hybridized carbons (Fsp3) is 0.136. The summed E-state index contributed by atoms with van der Waals surface area (Å²) in [5.74, 6) is 0.581. The van der Waals surface area contributed by atoms with Gasteiger partial charge < -0.3 is 14.8 Å². The number of benzene rings is 3. The van der Waals surface area contributed by atoms with E-state index in [-0.39, 0.29) is 16.5 Å². The summed E-state index contributed by atoms with van der Waals surface area (Å²) in [5.41, 5.74) is 2.25. The number of ether oxygens (including phenoxy) is 2. The Balaban J connectivity index is 1.77. The van der Waals surface area contributed by atoms with E-state index in [9.17, 15) is 13.2 Å². The predicted molar refractivity (Wildman–Crippen MR) is 116 cm³/mol. The number of nitrogens with one attached hydrogen (secondary N) is 2. The fourth-order valence-electron chi connectivity index (χ4n) is 2.80. The van der Waals surface area contributed by atoms with Crippen LogP contribution < -0.4 is 19.5 Å². The standard InChI is InChI=1S/C22H22N2O5S/c1-15-5-4-6-16(13-15)22(25)23-17-7-10-19(11-8-17)30(26,27)24-20-14-18(28-2)9-12-21(20)29-3/h4-14,24H,1-3H3,(H,23,25). The van der Waals surface area contributed by atoms with Gasteiger partial charge in [-0.2, -0.15) is 0 Å². The normalized spacial score (nSPS) is 10.9.